The van der Waals surface area contributed by atoms with Crippen LogP contribution in [0.3, 0.4) is 0 Å². The predicted molar refractivity (Wildman–Crippen MR) is 78.3 cm³/mol. The molecule has 2 unspecified atom stereocenters. The van der Waals surface area contributed by atoms with Crippen molar-refractivity contribution in [1.82, 2.24) is 0 Å². The number of nitrogens with zero attached hydrogens (tertiary/aromatic N) is 2. The summed E-state index contributed by atoms with van der Waals surface area (Å²) in [6.45, 7) is 0.666. The largest absolute Gasteiger partial charge is 0.317 e. The van der Waals surface area contributed by atoms with Gasteiger partial charge in [0.2, 0.25) is 0 Å². The maximum absolute atomic E-state index is 11.2. The van der Waals surface area contributed by atoms with Gasteiger partial charge in [0.05, 0.1) is 29.1 Å². The van der Waals surface area contributed by atoms with Gasteiger partial charge in [-0.3, -0.25) is 10.1 Å². The standard InChI is InChI=1S/C15H19ClN2O2/c1-18(11-4-2-5-12(18)9-8-11)10-13-14(16)6-3-7-15(13)17(19)20/h2-3,6-7,11-12H,4-5,8-10H2,1H3/q+1. The van der Waals surface area contributed by atoms with E-state index in [4.69, 9.17) is 11.6 Å². The molecule has 0 aromatic heterocycles. The third-order valence-corrected chi connectivity index (χ3v) is 5.52. The third-order valence-electron chi connectivity index (χ3n) is 5.17. The lowest BCUT2D eigenvalue weighted by Crippen LogP contribution is -2.55. The normalized spacial score (nSPS) is 32.3. The molecule has 0 saturated carbocycles. The molecule has 2 fully saturated rings. The molecule has 5 heteroatoms. The number of halogens is 1. The smallest absolute Gasteiger partial charge is 0.279 e. The van der Waals surface area contributed by atoms with Gasteiger partial charge >= 0.3 is 0 Å². The number of piperidine rings is 1. The first kappa shape index (κ1) is 13.8. The molecule has 20 heavy (non-hydrogen) atoms. The summed E-state index contributed by atoms with van der Waals surface area (Å²) in [5.74, 6) is 0. The van der Waals surface area contributed by atoms with Crippen molar-refractivity contribution in [3.8, 4) is 0 Å². The summed E-state index contributed by atoms with van der Waals surface area (Å²) < 4.78 is 0.904. The lowest BCUT2D eigenvalue weighted by Gasteiger charge is -2.44. The molecule has 0 N–H and O–H groups in total. The van der Waals surface area contributed by atoms with E-state index in [-0.39, 0.29) is 10.6 Å². The summed E-state index contributed by atoms with van der Waals surface area (Å²) in [7, 11) is 2.24. The Morgan fingerprint density at radius 2 is 2.00 bits per heavy atom. The number of benzene rings is 1. The summed E-state index contributed by atoms with van der Waals surface area (Å²) in [6, 6.07) is 6.15. The van der Waals surface area contributed by atoms with Crippen molar-refractivity contribution in [2.75, 3.05) is 7.05 Å². The van der Waals surface area contributed by atoms with Gasteiger partial charge in [-0.2, -0.15) is 0 Å². The van der Waals surface area contributed by atoms with Crippen LogP contribution in [0.1, 0.15) is 31.2 Å². The highest BCUT2D eigenvalue weighted by atomic mass is 35.5. The number of quaternary nitrogens is 1. The van der Waals surface area contributed by atoms with Crippen LogP contribution in [0.5, 0.6) is 0 Å². The molecule has 2 heterocycles. The van der Waals surface area contributed by atoms with Crippen LogP contribution < -0.4 is 0 Å². The Morgan fingerprint density at radius 3 is 2.60 bits per heavy atom. The molecule has 4 nitrogen and oxygen atoms in total. The zero-order valence-electron chi connectivity index (χ0n) is 11.6. The molecule has 1 aromatic rings. The topological polar surface area (TPSA) is 43.1 Å². The van der Waals surface area contributed by atoms with Crippen molar-refractivity contribution in [3.05, 3.63) is 45.3 Å². The van der Waals surface area contributed by atoms with Gasteiger partial charge < -0.3 is 4.48 Å². The number of nitro groups is 1. The van der Waals surface area contributed by atoms with Crippen LogP contribution in [0.15, 0.2) is 18.2 Å². The number of rotatable bonds is 3. The Bertz CT molecular complexity index is 531. The zero-order chi connectivity index (χ0) is 14.3. The van der Waals surface area contributed by atoms with E-state index in [0.29, 0.717) is 29.2 Å². The summed E-state index contributed by atoms with van der Waals surface area (Å²) in [5, 5.41) is 11.8. The first-order valence-corrected chi connectivity index (χ1v) is 7.48. The Labute approximate surface area is 124 Å². The summed E-state index contributed by atoms with van der Waals surface area (Å²) >= 11 is 6.25. The maximum Gasteiger partial charge on any atom is 0.279 e. The average Bonchev–Trinajstić information content (AvgIpc) is 2.61. The van der Waals surface area contributed by atoms with Crippen molar-refractivity contribution >= 4 is 17.3 Å². The van der Waals surface area contributed by atoms with Crippen LogP contribution in [0.25, 0.3) is 0 Å². The minimum absolute atomic E-state index is 0.158. The van der Waals surface area contributed by atoms with Gasteiger partial charge in [0.25, 0.3) is 5.69 Å². The Kier molecular flexibility index (Phi) is 3.46. The molecule has 1 aromatic carbocycles. The Hall–Kier alpha value is -1.13. The molecule has 2 bridgehead atoms. The van der Waals surface area contributed by atoms with Crippen LogP contribution >= 0.6 is 11.6 Å². The van der Waals surface area contributed by atoms with Gasteiger partial charge in [-0.05, 0) is 12.5 Å². The first-order chi connectivity index (χ1) is 9.52. The highest BCUT2D eigenvalue weighted by Gasteiger charge is 2.49. The van der Waals surface area contributed by atoms with E-state index in [1.807, 2.05) is 0 Å². The van der Waals surface area contributed by atoms with E-state index in [1.54, 1.807) is 18.2 Å². The highest BCUT2D eigenvalue weighted by molar-refractivity contribution is 6.31. The summed E-state index contributed by atoms with van der Waals surface area (Å²) in [4.78, 5) is 10.9. The molecule has 0 aliphatic carbocycles. The SMILES string of the molecule is C[N+]1(Cc2c(Cl)cccc2[N+](=O)[O-])C2C[CH]CC1CC2. The van der Waals surface area contributed by atoms with E-state index < -0.39 is 0 Å². The van der Waals surface area contributed by atoms with E-state index in [2.05, 4.69) is 13.5 Å². The van der Waals surface area contributed by atoms with Gasteiger partial charge in [-0.1, -0.05) is 17.7 Å². The summed E-state index contributed by atoms with van der Waals surface area (Å²) in [6.07, 6.45) is 7.05. The van der Waals surface area contributed by atoms with Gasteiger partial charge in [-0.15, -0.1) is 0 Å². The predicted octanol–water partition coefficient (Wildman–Crippen LogP) is 3.72. The molecule has 0 amide bonds. The molecule has 2 saturated heterocycles. The van der Waals surface area contributed by atoms with E-state index in [0.717, 1.165) is 17.3 Å². The average molecular weight is 295 g/mol. The van der Waals surface area contributed by atoms with Gasteiger partial charge in [-0.25, -0.2) is 0 Å². The van der Waals surface area contributed by atoms with Crippen LogP contribution in [-0.4, -0.2) is 28.5 Å². The second-order valence-electron chi connectivity index (χ2n) is 6.14. The van der Waals surface area contributed by atoms with Crippen molar-refractivity contribution in [3.63, 3.8) is 0 Å². The first-order valence-electron chi connectivity index (χ1n) is 7.10. The molecular formula is C15H19ClN2O2+. The van der Waals surface area contributed by atoms with Crippen LogP contribution in [-0.2, 0) is 6.54 Å². The number of hydrogen-bond acceptors (Lipinski definition) is 2. The van der Waals surface area contributed by atoms with E-state index >= 15 is 0 Å². The highest BCUT2D eigenvalue weighted by Crippen LogP contribution is 2.43. The molecule has 2 atom stereocenters. The second kappa shape index (κ2) is 5.01. The minimum Gasteiger partial charge on any atom is -0.317 e. The van der Waals surface area contributed by atoms with Gasteiger partial charge in [0.1, 0.15) is 12.1 Å². The van der Waals surface area contributed by atoms with Gasteiger partial charge in [0.15, 0.2) is 0 Å². The van der Waals surface area contributed by atoms with Crippen LogP contribution in [0.4, 0.5) is 5.69 Å². The minimum atomic E-state index is -0.314. The van der Waals surface area contributed by atoms with Crippen molar-refractivity contribution in [1.29, 1.82) is 0 Å². The molecular weight excluding hydrogens is 276 g/mol. The molecule has 0 spiro atoms. The fraction of sp³-hybridized carbons (Fsp3) is 0.533. The second-order valence-corrected chi connectivity index (χ2v) is 6.55. The lowest BCUT2D eigenvalue weighted by atomic mass is 9.98. The lowest BCUT2D eigenvalue weighted by molar-refractivity contribution is -0.959. The van der Waals surface area contributed by atoms with E-state index in [9.17, 15) is 10.1 Å². The number of fused-ring (bicyclic) bond motifs is 2. The summed E-state index contributed by atoms with van der Waals surface area (Å²) in [5.41, 5.74) is 0.853. The fourth-order valence-corrected chi connectivity index (χ4v) is 4.17. The molecule has 3 rings (SSSR count). The van der Waals surface area contributed by atoms with Gasteiger partial charge in [0, 0.05) is 31.7 Å². The Morgan fingerprint density at radius 1 is 1.35 bits per heavy atom. The molecule has 2 aliphatic heterocycles. The molecule has 1 radical (unpaired) electrons. The fourth-order valence-electron chi connectivity index (χ4n) is 3.94. The van der Waals surface area contributed by atoms with Crippen molar-refractivity contribution in [2.24, 2.45) is 0 Å². The maximum atomic E-state index is 11.2. The van der Waals surface area contributed by atoms with Crippen molar-refractivity contribution in [2.45, 2.75) is 44.3 Å². The third kappa shape index (κ3) is 2.11. The van der Waals surface area contributed by atoms with Crippen LogP contribution in [0, 0.1) is 16.5 Å². The Balaban J connectivity index is 1.97. The van der Waals surface area contributed by atoms with Crippen LogP contribution in [0.2, 0.25) is 5.02 Å². The van der Waals surface area contributed by atoms with Crippen molar-refractivity contribution < 1.29 is 9.41 Å². The monoisotopic (exact) mass is 294 g/mol. The number of nitro benzene ring substituents is 1. The van der Waals surface area contributed by atoms with E-state index in [1.165, 1.54) is 12.8 Å². The zero-order valence-corrected chi connectivity index (χ0v) is 12.3. The molecule has 107 valence electrons. The quantitative estimate of drug-likeness (QED) is 0.484. The molecule has 2 aliphatic rings. The number of hydrogen-bond donors (Lipinski definition) is 0.